The number of thiazole rings is 1. The van der Waals surface area contributed by atoms with E-state index in [1.807, 2.05) is 24.3 Å². The van der Waals surface area contributed by atoms with Crippen LogP contribution in [-0.2, 0) is 9.53 Å². The molecule has 170 valence electrons. The average Bonchev–Trinajstić information content (AvgIpc) is 3.49. The first-order chi connectivity index (χ1) is 15.6. The number of amides is 1. The number of anilines is 1. The van der Waals surface area contributed by atoms with E-state index >= 15 is 0 Å². The number of hydrogen-bond donors (Lipinski definition) is 0. The quantitative estimate of drug-likeness (QED) is 0.359. The lowest BCUT2D eigenvalue weighted by Gasteiger charge is -2.23. The molecule has 0 spiro atoms. The van der Waals surface area contributed by atoms with E-state index in [2.05, 4.69) is 0 Å². The van der Waals surface area contributed by atoms with Gasteiger partial charge in [-0.05, 0) is 49.2 Å². The Morgan fingerprint density at radius 2 is 2.06 bits per heavy atom. The van der Waals surface area contributed by atoms with E-state index in [-0.39, 0.29) is 12.0 Å². The summed E-state index contributed by atoms with van der Waals surface area (Å²) >= 11 is 9.46. The molecule has 0 bridgehead atoms. The maximum atomic E-state index is 13.3. The number of hydrogen-bond acceptors (Lipinski definition) is 7. The molecular weight excluding hydrogens is 468 g/mol. The highest BCUT2D eigenvalue weighted by atomic mass is 35.5. The molecule has 3 aromatic rings. The summed E-state index contributed by atoms with van der Waals surface area (Å²) in [5, 5.41) is 1.23. The number of ether oxygens (including phenoxy) is 3. The van der Waals surface area contributed by atoms with Crippen LogP contribution in [0.1, 0.15) is 19.3 Å². The van der Waals surface area contributed by atoms with E-state index in [1.54, 1.807) is 43.0 Å². The van der Waals surface area contributed by atoms with E-state index in [0.29, 0.717) is 40.1 Å². The highest BCUT2D eigenvalue weighted by molar-refractivity contribution is 7.99. The van der Waals surface area contributed by atoms with E-state index in [4.69, 9.17) is 30.8 Å². The summed E-state index contributed by atoms with van der Waals surface area (Å²) in [4.78, 5) is 20.9. The van der Waals surface area contributed by atoms with Crippen LogP contribution in [0.15, 0.2) is 41.3 Å². The van der Waals surface area contributed by atoms with Crippen molar-refractivity contribution < 1.29 is 19.0 Å². The summed E-state index contributed by atoms with van der Waals surface area (Å²) in [6.45, 7) is 1.23. The maximum Gasteiger partial charge on any atom is 0.229 e. The van der Waals surface area contributed by atoms with Gasteiger partial charge in [-0.1, -0.05) is 22.9 Å². The molecule has 1 atom stereocenters. The van der Waals surface area contributed by atoms with Gasteiger partial charge in [0.1, 0.15) is 17.0 Å². The number of nitrogens with zero attached hydrogens (tertiary/aromatic N) is 2. The lowest BCUT2D eigenvalue weighted by Crippen LogP contribution is -2.37. The van der Waals surface area contributed by atoms with Crippen LogP contribution in [0.3, 0.4) is 0 Å². The Morgan fingerprint density at radius 3 is 2.75 bits per heavy atom. The van der Waals surface area contributed by atoms with Crippen LogP contribution in [0, 0.1) is 0 Å². The fourth-order valence-corrected chi connectivity index (χ4v) is 5.69. The molecule has 1 saturated heterocycles. The maximum absolute atomic E-state index is 13.3. The Balaban J connectivity index is 1.51. The molecule has 2 heterocycles. The molecule has 0 aliphatic carbocycles. The molecule has 9 heteroatoms. The SMILES string of the molecule is COc1ccc(SCCC(=O)N(CC2CCCO2)c2nc3c(OC)ccc(Cl)c3s2)cc1. The van der Waals surface area contributed by atoms with Crippen LogP contribution in [0.25, 0.3) is 10.2 Å². The summed E-state index contributed by atoms with van der Waals surface area (Å²) in [5.74, 6) is 2.16. The molecule has 32 heavy (non-hydrogen) atoms. The molecule has 0 N–H and O–H groups in total. The van der Waals surface area contributed by atoms with Gasteiger partial charge < -0.3 is 14.2 Å². The molecule has 4 rings (SSSR count). The van der Waals surface area contributed by atoms with E-state index in [1.165, 1.54) is 11.3 Å². The zero-order valence-electron chi connectivity index (χ0n) is 18.0. The van der Waals surface area contributed by atoms with Gasteiger partial charge in [-0.2, -0.15) is 0 Å². The average molecular weight is 493 g/mol. The highest BCUT2D eigenvalue weighted by Crippen LogP contribution is 2.39. The largest absolute Gasteiger partial charge is 0.497 e. The van der Waals surface area contributed by atoms with Crippen molar-refractivity contribution in [3.63, 3.8) is 0 Å². The zero-order chi connectivity index (χ0) is 22.5. The first-order valence-electron chi connectivity index (χ1n) is 10.4. The summed E-state index contributed by atoms with van der Waals surface area (Å²) < 4.78 is 17.3. The minimum atomic E-state index is 0.0238. The summed E-state index contributed by atoms with van der Waals surface area (Å²) in [5.41, 5.74) is 0.678. The number of carbonyl (C=O) groups is 1. The number of halogens is 1. The Morgan fingerprint density at radius 1 is 1.25 bits per heavy atom. The van der Waals surface area contributed by atoms with E-state index in [9.17, 15) is 4.79 Å². The monoisotopic (exact) mass is 492 g/mol. The Bertz CT molecular complexity index is 1070. The van der Waals surface area contributed by atoms with Crippen molar-refractivity contribution >= 4 is 56.0 Å². The summed E-state index contributed by atoms with van der Waals surface area (Å²) in [6.07, 6.45) is 2.38. The fourth-order valence-electron chi connectivity index (χ4n) is 3.56. The molecule has 1 aliphatic heterocycles. The first-order valence-corrected chi connectivity index (χ1v) is 12.6. The van der Waals surface area contributed by atoms with Crippen LogP contribution in [0.2, 0.25) is 5.02 Å². The van der Waals surface area contributed by atoms with Gasteiger partial charge in [0, 0.05) is 23.7 Å². The number of aromatic nitrogens is 1. The minimum absolute atomic E-state index is 0.0238. The summed E-state index contributed by atoms with van der Waals surface area (Å²) in [6, 6.07) is 11.4. The standard InChI is InChI=1S/C23H25ClN2O4S2/c1-28-15-5-7-17(8-6-15)31-13-11-20(27)26(14-16-4-3-12-30-16)23-25-21-19(29-2)10-9-18(24)22(21)32-23/h5-10,16H,3-4,11-14H2,1-2H3. The van der Waals surface area contributed by atoms with Crippen molar-refractivity contribution in [2.75, 3.05) is 38.0 Å². The second-order valence-corrected chi connectivity index (χ2v) is 9.89. The Hall–Kier alpha value is -2.00. The molecule has 1 aromatic heterocycles. The van der Waals surface area contributed by atoms with Crippen LogP contribution < -0.4 is 14.4 Å². The van der Waals surface area contributed by atoms with Crippen molar-refractivity contribution in [3.8, 4) is 11.5 Å². The van der Waals surface area contributed by atoms with Crippen molar-refractivity contribution in [2.24, 2.45) is 0 Å². The molecule has 1 unspecified atom stereocenters. The fraction of sp³-hybridized carbons (Fsp3) is 0.391. The minimum Gasteiger partial charge on any atom is -0.497 e. The van der Waals surface area contributed by atoms with Gasteiger partial charge in [0.25, 0.3) is 0 Å². The highest BCUT2D eigenvalue weighted by Gasteiger charge is 2.27. The topological polar surface area (TPSA) is 60.9 Å². The predicted molar refractivity (Wildman–Crippen MR) is 131 cm³/mol. The molecule has 1 amide bonds. The number of benzene rings is 2. The van der Waals surface area contributed by atoms with Crippen LogP contribution >= 0.6 is 34.7 Å². The zero-order valence-corrected chi connectivity index (χ0v) is 20.4. The Labute approximate surface area is 200 Å². The van der Waals surface area contributed by atoms with Gasteiger partial charge in [-0.25, -0.2) is 4.98 Å². The van der Waals surface area contributed by atoms with Crippen LogP contribution in [0.5, 0.6) is 11.5 Å². The number of fused-ring (bicyclic) bond motifs is 1. The third-order valence-corrected chi connectivity index (χ3v) is 7.81. The molecular formula is C23H25ClN2O4S2. The number of carbonyl (C=O) groups excluding carboxylic acids is 1. The number of rotatable bonds is 9. The lowest BCUT2D eigenvalue weighted by atomic mass is 10.2. The summed E-state index contributed by atoms with van der Waals surface area (Å²) in [7, 11) is 3.25. The second-order valence-electron chi connectivity index (χ2n) is 7.34. The van der Waals surface area contributed by atoms with Gasteiger partial charge in [0.2, 0.25) is 5.91 Å². The molecule has 2 aromatic carbocycles. The van der Waals surface area contributed by atoms with Gasteiger partial charge in [0.15, 0.2) is 5.13 Å². The van der Waals surface area contributed by atoms with Crippen LogP contribution in [0.4, 0.5) is 5.13 Å². The first kappa shape index (κ1) is 23.2. The second kappa shape index (κ2) is 10.7. The predicted octanol–water partition coefficient (Wildman–Crippen LogP) is 5.66. The molecule has 1 aliphatic rings. The molecule has 0 radical (unpaired) electrons. The lowest BCUT2D eigenvalue weighted by molar-refractivity contribution is -0.118. The number of thioether (sulfide) groups is 1. The van der Waals surface area contributed by atoms with Crippen molar-refractivity contribution in [3.05, 3.63) is 41.4 Å². The van der Waals surface area contributed by atoms with Gasteiger partial charge in [0.05, 0.1) is 36.6 Å². The third-order valence-electron chi connectivity index (χ3n) is 5.25. The number of methoxy groups -OCH3 is 2. The molecule has 1 fully saturated rings. The van der Waals surface area contributed by atoms with Gasteiger partial charge in [-0.15, -0.1) is 11.8 Å². The van der Waals surface area contributed by atoms with Gasteiger partial charge in [-0.3, -0.25) is 9.69 Å². The molecule has 0 saturated carbocycles. The van der Waals surface area contributed by atoms with Crippen molar-refractivity contribution in [2.45, 2.75) is 30.3 Å². The molecule has 6 nitrogen and oxygen atoms in total. The third kappa shape index (κ3) is 5.31. The van der Waals surface area contributed by atoms with Crippen LogP contribution in [-0.4, -0.2) is 50.1 Å². The normalized spacial score (nSPS) is 15.8. The van der Waals surface area contributed by atoms with Gasteiger partial charge >= 0.3 is 0 Å². The van der Waals surface area contributed by atoms with Crippen molar-refractivity contribution in [1.29, 1.82) is 0 Å². The smallest absolute Gasteiger partial charge is 0.229 e. The van der Waals surface area contributed by atoms with E-state index in [0.717, 1.165) is 34.8 Å². The van der Waals surface area contributed by atoms with Crippen molar-refractivity contribution in [1.82, 2.24) is 4.98 Å². The Kier molecular flexibility index (Phi) is 7.78. The van der Waals surface area contributed by atoms with E-state index < -0.39 is 0 Å².